The Morgan fingerprint density at radius 2 is 1.89 bits per heavy atom. The molecule has 0 unspecified atom stereocenters. The number of H-pyrrole nitrogens is 1. The highest BCUT2D eigenvalue weighted by Gasteiger charge is 2.37. The van der Waals surface area contributed by atoms with E-state index in [0.717, 1.165) is 43.0 Å². The number of hydrogen-bond acceptors (Lipinski definition) is 7. The summed E-state index contributed by atoms with van der Waals surface area (Å²) in [5, 5.41) is 14.8. The first kappa shape index (κ1) is 23.5. The molecule has 2 aliphatic heterocycles. The Hall–Kier alpha value is -3.88. The number of piperidine rings is 1. The van der Waals surface area contributed by atoms with Gasteiger partial charge < -0.3 is 15.4 Å². The minimum Gasteiger partial charge on any atom is -0.376 e. The molecule has 0 saturated carbocycles. The molecule has 4 heterocycles. The Balaban J connectivity index is 1.23. The van der Waals surface area contributed by atoms with Gasteiger partial charge in [0.2, 0.25) is 0 Å². The molecule has 3 N–H and O–H groups in total. The third-order valence-electron chi connectivity index (χ3n) is 7.41. The molecule has 0 spiro atoms. The fourth-order valence-electron chi connectivity index (χ4n) is 5.40. The van der Waals surface area contributed by atoms with Gasteiger partial charge in [0.15, 0.2) is 17.4 Å². The number of benzene rings is 2. The summed E-state index contributed by atoms with van der Waals surface area (Å²) in [6.07, 6.45) is 5.58. The zero-order chi connectivity index (χ0) is 25.1. The predicted octanol–water partition coefficient (Wildman–Crippen LogP) is 4.44. The number of ether oxygens (including phenoxy) is 1. The van der Waals surface area contributed by atoms with Crippen LogP contribution in [0.15, 0.2) is 73.1 Å². The summed E-state index contributed by atoms with van der Waals surface area (Å²) >= 11 is 0. The van der Waals surface area contributed by atoms with Gasteiger partial charge in [-0.2, -0.15) is 5.10 Å². The molecular formula is C29H30N6O2. The number of anilines is 1. The summed E-state index contributed by atoms with van der Waals surface area (Å²) in [6.45, 7) is 2.90. The van der Waals surface area contributed by atoms with Crippen LogP contribution in [-0.4, -0.2) is 45.6 Å². The normalized spacial score (nSPS) is 18.6. The van der Waals surface area contributed by atoms with Crippen LogP contribution in [0.1, 0.15) is 52.5 Å². The number of fused-ring (bicyclic) bond motifs is 1. The van der Waals surface area contributed by atoms with E-state index in [1.807, 2.05) is 48.5 Å². The predicted molar refractivity (Wildman–Crippen MR) is 141 cm³/mol. The van der Waals surface area contributed by atoms with Crippen molar-refractivity contribution < 1.29 is 9.53 Å². The SMILES string of the molecule is O=C(C[C@H]1COCc2ccccc21)c1cccc(NC2(c3nc(-c4ccncc4)n[nH]3)CCNCC2)c1. The van der Waals surface area contributed by atoms with Gasteiger partial charge in [0.25, 0.3) is 0 Å². The van der Waals surface area contributed by atoms with E-state index in [0.29, 0.717) is 31.0 Å². The third-order valence-corrected chi connectivity index (χ3v) is 7.41. The second-order valence-electron chi connectivity index (χ2n) is 9.82. The molecule has 0 aliphatic carbocycles. The summed E-state index contributed by atoms with van der Waals surface area (Å²) in [5.74, 6) is 1.64. The molecule has 2 aromatic carbocycles. The van der Waals surface area contributed by atoms with Gasteiger partial charge in [-0.25, -0.2) is 4.98 Å². The summed E-state index contributed by atoms with van der Waals surface area (Å²) in [6, 6.07) is 19.9. The lowest BCUT2D eigenvalue weighted by Gasteiger charge is -2.37. The zero-order valence-electron chi connectivity index (χ0n) is 20.6. The maximum Gasteiger partial charge on any atom is 0.181 e. The molecule has 1 fully saturated rings. The number of Topliss-reactive ketones (excluding diaryl/α,β-unsaturated/α-hetero) is 1. The van der Waals surface area contributed by atoms with Gasteiger partial charge in [0, 0.05) is 41.5 Å². The summed E-state index contributed by atoms with van der Waals surface area (Å²) in [5.41, 5.74) is 4.50. The van der Waals surface area contributed by atoms with Gasteiger partial charge in [0.05, 0.1) is 18.8 Å². The Kier molecular flexibility index (Phi) is 6.51. The van der Waals surface area contributed by atoms with Crippen LogP contribution in [-0.2, 0) is 16.9 Å². The molecule has 0 bridgehead atoms. The van der Waals surface area contributed by atoms with Crippen LogP contribution in [0.5, 0.6) is 0 Å². The number of pyridine rings is 1. The van der Waals surface area contributed by atoms with E-state index in [2.05, 4.69) is 37.9 Å². The molecule has 4 aromatic rings. The quantitative estimate of drug-likeness (QED) is 0.326. The van der Waals surface area contributed by atoms with Gasteiger partial charge in [-0.15, -0.1) is 0 Å². The van der Waals surface area contributed by atoms with E-state index >= 15 is 0 Å². The number of carbonyl (C=O) groups is 1. The van der Waals surface area contributed by atoms with Crippen LogP contribution in [0.2, 0.25) is 0 Å². The lowest BCUT2D eigenvalue weighted by atomic mass is 9.86. The number of ketones is 1. The van der Waals surface area contributed by atoms with E-state index in [1.54, 1.807) is 12.4 Å². The lowest BCUT2D eigenvalue weighted by molar-refractivity contribution is 0.0786. The number of carbonyl (C=O) groups excluding carboxylic acids is 1. The van der Waals surface area contributed by atoms with Crippen molar-refractivity contribution in [2.75, 3.05) is 25.0 Å². The van der Waals surface area contributed by atoms with E-state index in [1.165, 1.54) is 11.1 Å². The second-order valence-corrected chi connectivity index (χ2v) is 9.82. The van der Waals surface area contributed by atoms with Gasteiger partial charge in [-0.3, -0.25) is 14.9 Å². The lowest BCUT2D eigenvalue weighted by Crippen LogP contribution is -2.46. The molecule has 0 amide bonds. The van der Waals surface area contributed by atoms with Crippen molar-refractivity contribution >= 4 is 11.5 Å². The highest BCUT2D eigenvalue weighted by molar-refractivity contribution is 5.97. The molecule has 2 aliphatic rings. The van der Waals surface area contributed by atoms with Crippen molar-refractivity contribution in [3.63, 3.8) is 0 Å². The van der Waals surface area contributed by atoms with Crippen molar-refractivity contribution in [3.8, 4) is 11.4 Å². The standard InChI is InChI=1S/C29H30N6O2/c36-26(17-23-19-37-18-22-4-1-2-7-25(22)23)21-5-3-6-24(16-21)33-29(10-14-31-15-11-29)28-32-27(34-35-28)20-8-12-30-13-9-20/h1-9,12-13,16,23,31,33H,10-11,14-15,17-19H2,(H,32,34,35)/t23-/m0/s1. The molecule has 2 aromatic heterocycles. The first-order valence-corrected chi connectivity index (χ1v) is 12.8. The van der Waals surface area contributed by atoms with E-state index in [4.69, 9.17) is 9.72 Å². The zero-order valence-corrected chi connectivity index (χ0v) is 20.6. The molecule has 1 atom stereocenters. The maximum absolute atomic E-state index is 13.4. The van der Waals surface area contributed by atoms with Crippen LogP contribution >= 0.6 is 0 Å². The molecule has 8 heteroatoms. The molecule has 8 nitrogen and oxygen atoms in total. The van der Waals surface area contributed by atoms with Gasteiger partial charge >= 0.3 is 0 Å². The first-order chi connectivity index (χ1) is 18.2. The molecule has 37 heavy (non-hydrogen) atoms. The Morgan fingerprint density at radius 3 is 2.76 bits per heavy atom. The van der Waals surface area contributed by atoms with Gasteiger partial charge in [0.1, 0.15) is 0 Å². The number of nitrogens with zero attached hydrogens (tertiary/aromatic N) is 3. The maximum atomic E-state index is 13.4. The van der Waals surface area contributed by atoms with Crippen LogP contribution in [0.3, 0.4) is 0 Å². The number of aromatic nitrogens is 4. The number of aromatic amines is 1. The average molecular weight is 495 g/mol. The highest BCUT2D eigenvalue weighted by atomic mass is 16.5. The van der Waals surface area contributed by atoms with Crippen molar-refractivity contribution in [1.29, 1.82) is 0 Å². The van der Waals surface area contributed by atoms with E-state index < -0.39 is 5.54 Å². The topological polar surface area (TPSA) is 105 Å². The van der Waals surface area contributed by atoms with E-state index in [-0.39, 0.29) is 11.7 Å². The molecule has 188 valence electrons. The summed E-state index contributed by atoms with van der Waals surface area (Å²) in [4.78, 5) is 22.3. The fourth-order valence-corrected chi connectivity index (χ4v) is 5.40. The Bertz CT molecular complexity index is 1380. The van der Waals surface area contributed by atoms with Crippen molar-refractivity contribution in [3.05, 3.63) is 95.6 Å². The second kappa shape index (κ2) is 10.2. The average Bonchev–Trinajstić information content (AvgIpc) is 3.46. The molecule has 1 saturated heterocycles. The minimum absolute atomic E-state index is 0.0747. The van der Waals surface area contributed by atoms with Crippen molar-refractivity contribution in [1.82, 2.24) is 25.5 Å². The molecule has 6 rings (SSSR count). The summed E-state index contributed by atoms with van der Waals surface area (Å²) < 4.78 is 5.78. The Morgan fingerprint density at radius 1 is 1.05 bits per heavy atom. The number of hydrogen-bond donors (Lipinski definition) is 3. The monoisotopic (exact) mass is 494 g/mol. The fraction of sp³-hybridized carbons (Fsp3) is 0.310. The van der Waals surface area contributed by atoms with Crippen LogP contribution in [0.4, 0.5) is 5.69 Å². The smallest absolute Gasteiger partial charge is 0.181 e. The van der Waals surface area contributed by atoms with Crippen LogP contribution in [0, 0.1) is 0 Å². The van der Waals surface area contributed by atoms with E-state index in [9.17, 15) is 4.79 Å². The highest BCUT2D eigenvalue weighted by Crippen LogP contribution is 2.35. The van der Waals surface area contributed by atoms with Crippen molar-refractivity contribution in [2.45, 2.75) is 37.3 Å². The number of rotatable bonds is 7. The third kappa shape index (κ3) is 4.90. The molecule has 0 radical (unpaired) electrons. The Labute approximate surface area is 215 Å². The van der Waals surface area contributed by atoms with Crippen LogP contribution in [0.25, 0.3) is 11.4 Å². The van der Waals surface area contributed by atoms with Gasteiger partial charge in [-0.1, -0.05) is 36.4 Å². The molecular weight excluding hydrogens is 464 g/mol. The minimum atomic E-state index is -0.415. The number of nitrogens with one attached hydrogen (secondary N) is 3. The van der Waals surface area contributed by atoms with Crippen LogP contribution < -0.4 is 10.6 Å². The largest absolute Gasteiger partial charge is 0.376 e. The van der Waals surface area contributed by atoms with Crippen molar-refractivity contribution in [2.24, 2.45) is 0 Å². The first-order valence-electron chi connectivity index (χ1n) is 12.8. The van der Waals surface area contributed by atoms with Gasteiger partial charge in [-0.05, 0) is 61.3 Å². The summed E-state index contributed by atoms with van der Waals surface area (Å²) in [7, 11) is 0.